The molecule has 0 aliphatic carbocycles. The van der Waals surface area contributed by atoms with Crippen LogP contribution in [0.4, 0.5) is 5.69 Å². The van der Waals surface area contributed by atoms with Gasteiger partial charge in [0.05, 0.1) is 18.8 Å². The van der Waals surface area contributed by atoms with Crippen LogP contribution in [0.1, 0.15) is 73.7 Å². The van der Waals surface area contributed by atoms with Crippen molar-refractivity contribution in [1.82, 2.24) is 10.8 Å². The predicted octanol–water partition coefficient (Wildman–Crippen LogP) is 5.16. The number of carbonyl (C=O) groups is 3. The first-order valence-corrected chi connectivity index (χ1v) is 15.6. The van der Waals surface area contributed by atoms with Gasteiger partial charge in [-0.1, -0.05) is 48.5 Å². The molecule has 1 aliphatic heterocycles. The first-order chi connectivity index (χ1) is 21.3. The Labute approximate surface area is 261 Å². The fraction of sp³-hybridized carbons (Fsp3) is 0.364. The highest BCUT2D eigenvalue weighted by atomic mass is 32.2. The first-order valence-electron chi connectivity index (χ1n) is 14.6. The van der Waals surface area contributed by atoms with Crippen molar-refractivity contribution < 1.29 is 34.2 Å². The molecule has 4 rings (SSSR count). The average Bonchev–Trinajstić information content (AvgIpc) is 3.05. The molecule has 5 N–H and O–H groups in total. The van der Waals surface area contributed by atoms with Crippen LogP contribution < -0.4 is 16.1 Å². The molecule has 0 spiro atoms. The van der Waals surface area contributed by atoms with Crippen molar-refractivity contribution >= 4 is 35.2 Å². The Bertz CT molecular complexity index is 1370. The molecule has 1 saturated heterocycles. The SMILES string of the molecule is CC(=O)Nc1ccc(SCC2CC(c3ccc(CO)cc3)OC(c3ccc(CNC(=O)CCCCC(=O)NO)cc3)O2)cc1. The predicted molar refractivity (Wildman–Crippen MR) is 167 cm³/mol. The van der Waals surface area contributed by atoms with Crippen molar-refractivity contribution in [2.45, 2.75) is 75.6 Å². The third-order valence-corrected chi connectivity index (χ3v) is 8.29. The lowest BCUT2D eigenvalue weighted by atomic mass is 10.0. The molecule has 3 aromatic carbocycles. The molecule has 0 aromatic heterocycles. The van der Waals surface area contributed by atoms with Gasteiger partial charge in [-0.3, -0.25) is 19.6 Å². The zero-order valence-corrected chi connectivity index (χ0v) is 25.5. The summed E-state index contributed by atoms with van der Waals surface area (Å²) >= 11 is 1.68. The maximum atomic E-state index is 12.2. The van der Waals surface area contributed by atoms with E-state index in [1.165, 1.54) is 6.92 Å². The molecule has 1 fully saturated rings. The van der Waals surface area contributed by atoms with Gasteiger partial charge < -0.3 is 25.2 Å². The van der Waals surface area contributed by atoms with Crippen LogP contribution >= 0.6 is 11.8 Å². The fourth-order valence-electron chi connectivity index (χ4n) is 4.76. The van der Waals surface area contributed by atoms with E-state index in [9.17, 15) is 19.5 Å². The van der Waals surface area contributed by atoms with Crippen LogP contribution in [0.2, 0.25) is 0 Å². The quantitative estimate of drug-likeness (QED) is 0.0719. The summed E-state index contributed by atoms with van der Waals surface area (Å²) in [6, 6.07) is 23.3. The molecule has 3 unspecified atom stereocenters. The molecule has 10 nitrogen and oxygen atoms in total. The van der Waals surface area contributed by atoms with Crippen LogP contribution in [-0.2, 0) is 37.0 Å². The Morgan fingerprint density at radius 2 is 1.48 bits per heavy atom. The summed E-state index contributed by atoms with van der Waals surface area (Å²) in [5.74, 6) is 0.0424. The van der Waals surface area contributed by atoms with E-state index in [2.05, 4.69) is 10.6 Å². The number of hydroxylamine groups is 1. The van der Waals surface area contributed by atoms with Gasteiger partial charge in [0.2, 0.25) is 17.7 Å². The summed E-state index contributed by atoms with van der Waals surface area (Å²) in [5, 5.41) is 23.7. The Morgan fingerprint density at radius 3 is 2.11 bits per heavy atom. The van der Waals surface area contributed by atoms with Crippen molar-refractivity contribution in [3.63, 3.8) is 0 Å². The molecule has 3 aromatic rings. The molecule has 11 heteroatoms. The highest BCUT2D eigenvalue weighted by Crippen LogP contribution is 2.39. The van der Waals surface area contributed by atoms with Gasteiger partial charge in [0, 0.05) is 54.6 Å². The van der Waals surface area contributed by atoms with Crippen molar-refractivity contribution in [3.8, 4) is 0 Å². The number of hydrogen-bond donors (Lipinski definition) is 5. The number of rotatable bonds is 14. The Hall–Kier alpha value is -3.74. The smallest absolute Gasteiger partial charge is 0.243 e. The molecule has 234 valence electrons. The Balaban J connectivity index is 1.36. The molecule has 1 aliphatic rings. The second-order valence-electron chi connectivity index (χ2n) is 10.6. The molecule has 0 radical (unpaired) electrons. The zero-order valence-electron chi connectivity index (χ0n) is 24.7. The number of anilines is 1. The van der Waals surface area contributed by atoms with Crippen LogP contribution in [0.15, 0.2) is 77.7 Å². The molecule has 0 bridgehead atoms. The standard InChI is InChI=1S/C33H39N3O7S/c1-22(38)35-27-14-16-29(17-15-27)44-21-28-18-30(25-10-8-24(20-37)9-11-25)43-33(42-28)26-12-6-23(7-13-26)19-34-31(39)4-2-3-5-32(40)36-41/h6-17,28,30,33,37,41H,2-5,18-21H2,1H3,(H,34,39)(H,35,38)(H,36,40). The number of nitrogens with one attached hydrogen (secondary N) is 3. The van der Waals surface area contributed by atoms with Crippen LogP contribution in [0.5, 0.6) is 0 Å². The van der Waals surface area contributed by atoms with Crippen LogP contribution in [0.3, 0.4) is 0 Å². The van der Waals surface area contributed by atoms with Crippen LogP contribution in [0, 0.1) is 0 Å². The van der Waals surface area contributed by atoms with Gasteiger partial charge in [0.15, 0.2) is 6.29 Å². The molecule has 3 amide bonds. The van der Waals surface area contributed by atoms with Gasteiger partial charge in [-0.25, -0.2) is 5.48 Å². The number of thioether (sulfide) groups is 1. The normalized spacial score (nSPS) is 17.9. The minimum atomic E-state index is -0.584. The van der Waals surface area contributed by atoms with Gasteiger partial charge in [0.1, 0.15) is 0 Å². The molecule has 44 heavy (non-hydrogen) atoms. The maximum absolute atomic E-state index is 12.2. The van der Waals surface area contributed by atoms with E-state index >= 15 is 0 Å². The fourth-order valence-corrected chi connectivity index (χ4v) is 5.68. The van der Waals surface area contributed by atoms with E-state index in [0.29, 0.717) is 38.0 Å². The van der Waals surface area contributed by atoms with E-state index in [1.54, 1.807) is 17.2 Å². The Morgan fingerprint density at radius 1 is 0.841 bits per heavy atom. The lowest BCUT2D eigenvalue weighted by Crippen LogP contribution is -2.31. The maximum Gasteiger partial charge on any atom is 0.243 e. The van der Waals surface area contributed by atoms with E-state index in [-0.39, 0.29) is 37.0 Å². The number of ether oxygens (including phenoxy) is 2. The van der Waals surface area contributed by atoms with Crippen LogP contribution in [0.25, 0.3) is 0 Å². The number of aliphatic hydroxyl groups excluding tert-OH is 1. The largest absolute Gasteiger partial charge is 0.392 e. The van der Waals surface area contributed by atoms with Crippen molar-refractivity contribution in [3.05, 3.63) is 95.1 Å². The zero-order chi connectivity index (χ0) is 31.3. The molecule has 3 atom stereocenters. The van der Waals surface area contributed by atoms with Crippen molar-refractivity contribution in [2.24, 2.45) is 0 Å². The molecule has 0 saturated carbocycles. The molecular weight excluding hydrogens is 582 g/mol. The van der Waals surface area contributed by atoms with Gasteiger partial charge in [-0.15, -0.1) is 11.8 Å². The molecular formula is C33H39N3O7S. The first kappa shape index (κ1) is 33.2. The lowest BCUT2D eigenvalue weighted by Gasteiger charge is -2.36. The highest BCUT2D eigenvalue weighted by molar-refractivity contribution is 7.99. The minimum absolute atomic E-state index is 0.0202. The number of carbonyl (C=O) groups excluding carboxylic acids is 3. The van der Waals surface area contributed by atoms with Gasteiger partial charge in [-0.05, 0) is 53.8 Å². The average molecular weight is 622 g/mol. The van der Waals surface area contributed by atoms with Crippen molar-refractivity contribution in [2.75, 3.05) is 11.1 Å². The van der Waals surface area contributed by atoms with Crippen molar-refractivity contribution in [1.29, 1.82) is 0 Å². The number of benzene rings is 3. The van der Waals surface area contributed by atoms with Crippen LogP contribution in [-0.4, -0.2) is 39.9 Å². The van der Waals surface area contributed by atoms with Gasteiger partial charge in [0.25, 0.3) is 0 Å². The molecule has 1 heterocycles. The second kappa shape index (κ2) is 16.9. The monoisotopic (exact) mass is 621 g/mol. The summed E-state index contributed by atoms with van der Waals surface area (Å²) in [6.07, 6.45) is 1.35. The van der Waals surface area contributed by atoms with Gasteiger partial charge >= 0.3 is 0 Å². The third kappa shape index (κ3) is 10.5. The number of amides is 3. The van der Waals surface area contributed by atoms with E-state index in [1.807, 2.05) is 72.8 Å². The third-order valence-electron chi connectivity index (χ3n) is 7.15. The van der Waals surface area contributed by atoms with E-state index in [4.69, 9.17) is 14.7 Å². The number of aliphatic hydroxyl groups is 1. The number of hydrogen-bond acceptors (Lipinski definition) is 8. The van der Waals surface area contributed by atoms with E-state index in [0.717, 1.165) is 32.8 Å². The topological polar surface area (TPSA) is 146 Å². The summed E-state index contributed by atoms with van der Waals surface area (Å²) in [6.45, 7) is 1.84. The summed E-state index contributed by atoms with van der Waals surface area (Å²) in [5.41, 5.74) is 6.00. The summed E-state index contributed by atoms with van der Waals surface area (Å²) in [4.78, 5) is 35.6. The van der Waals surface area contributed by atoms with E-state index < -0.39 is 12.2 Å². The Kier molecular flexibility index (Phi) is 12.8. The number of unbranched alkanes of at least 4 members (excludes halogenated alkanes) is 1. The highest BCUT2D eigenvalue weighted by Gasteiger charge is 2.32. The lowest BCUT2D eigenvalue weighted by molar-refractivity contribution is -0.245. The second-order valence-corrected chi connectivity index (χ2v) is 11.7. The minimum Gasteiger partial charge on any atom is -0.392 e. The summed E-state index contributed by atoms with van der Waals surface area (Å²) < 4.78 is 12.9. The summed E-state index contributed by atoms with van der Waals surface area (Å²) in [7, 11) is 0. The van der Waals surface area contributed by atoms with Gasteiger partial charge in [-0.2, -0.15) is 0 Å².